The van der Waals surface area contributed by atoms with E-state index in [2.05, 4.69) is 34.9 Å². The molecule has 24 heavy (non-hydrogen) atoms. The number of fused-ring (bicyclic) bond motifs is 3. The van der Waals surface area contributed by atoms with Gasteiger partial charge in [0, 0.05) is 22.2 Å². The first-order valence-corrected chi connectivity index (χ1v) is 9.45. The van der Waals surface area contributed by atoms with Crippen LogP contribution in [0.1, 0.15) is 45.1 Å². The highest BCUT2D eigenvalue weighted by molar-refractivity contribution is 9.10. The number of halogens is 1. The van der Waals surface area contributed by atoms with Crippen LogP contribution in [0.2, 0.25) is 0 Å². The maximum atomic E-state index is 12.6. The second kappa shape index (κ2) is 5.55. The Morgan fingerprint density at radius 3 is 2.83 bits per heavy atom. The van der Waals surface area contributed by atoms with Crippen molar-refractivity contribution in [2.24, 2.45) is 22.4 Å². The Morgan fingerprint density at radius 1 is 1.33 bits per heavy atom. The summed E-state index contributed by atoms with van der Waals surface area (Å²) < 4.78 is 1.00. The van der Waals surface area contributed by atoms with Crippen molar-refractivity contribution >= 4 is 33.5 Å². The normalized spacial score (nSPS) is 33.2. The Labute approximate surface area is 151 Å². The molecular formula is C20H22BrNO2. The third kappa shape index (κ3) is 2.30. The summed E-state index contributed by atoms with van der Waals surface area (Å²) in [6.07, 6.45) is 7.82. The van der Waals surface area contributed by atoms with E-state index in [1.54, 1.807) is 6.08 Å². The Balaban J connectivity index is 1.50. The van der Waals surface area contributed by atoms with Crippen LogP contribution in [0.25, 0.3) is 6.08 Å². The molecule has 2 bridgehead atoms. The van der Waals surface area contributed by atoms with Gasteiger partial charge in [0.05, 0.1) is 0 Å². The number of benzene rings is 1. The summed E-state index contributed by atoms with van der Waals surface area (Å²) in [7, 11) is 0. The molecule has 4 rings (SSSR count). The van der Waals surface area contributed by atoms with Gasteiger partial charge in [-0.25, -0.2) is 0 Å². The van der Waals surface area contributed by atoms with Crippen molar-refractivity contribution in [3.8, 4) is 0 Å². The van der Waals surface area contributed by atoms with Gasteiger partial charge in [-0.15, -0.1) is 0 Å². The molecule has 3 nitrogen and oxygen atoms in total. The molecule has 1 spiro atoms. The second-order valence-electron chi connectivity index (χ2n) is 7.88. The number of allylic oxidation sites excluding steroid dienone is 1. The molecule has 2 fully saturated rings. The number of carbonyl (C=O) groups is 1. The van der Waals surface area contributed by atoms with Crippen LogP contribution in [-0.4, -0.2) is 17.1 Å². The highest BCUT2D eigenvalue weighted by Gasteiger charge is 2.67. The van der Waals surface area contributed by atoms with Crippen molar-refractivity contribution in [3.63, 3.8) is 0 Å². The SMILES string of the molecule is CC1(C)[C@@H]2CC[C@@H](C2)C12CC(C(=O)/C=C/c1cccc(Br)c1)=NO2. The van der Waals surface area contributed by atoms with Crippen LogP contribution in [0, 0.1) is 17.3 Å². The van der Waals surface area contributed by atoms with Gasteiger partial charge < -0.3 is 4.84 Å². The van der Waals surface area contributed by atoms with E-state index >= 15 is 0 Å². The Hall–Kier alpha value is -1.42. The topological polar surface area (TPSA) is 38.7 Å². The lowest BCUT2D eigenvalue weighted by Crippen LogP contribution is -2.49. The molecule has 0 radical (unpaired) electrons. The molecule has 0 amide bonds. The average molecular weight is 388 g/mol. The monoisotopic (exact) mass is 387 g/mol. The van der Waals surface area contributed by atoms with Crippen LogP contribution < -0.4 is 0 Å². The van der Waals surface area contributed by atoms with E-state index in [0.717, 1.165) is 10.0 Å². The summed E-state index contributed by atoms with van der Waals surface area (Å²) in [5.41, 5.74) is 1.40. The third-order valence-electron chi connectivity index (χ3n) is 6.51. The van der Waals surface area contributed by atoms with E-state index < -0.39 is 0 Å². The van der Waals surface area contributed by atoms with Crippen molar-refractivity contribution in [2.45, 2.75) is 45.1 Å². The quantitative estimate of drug-likeness (QED) is 0.684. The first-order chi connectivity index (χ1) is 11.4. The average Bonchev–Trinajstić information content (AvgIpc) is 3.23. The maximum absolute atomic E-state index is 12.6. The van der Waals surface area contributed by atoms with Crippen LogP contribution in [0.3, 0.4) is 0 Å². The first kappa shape index (κ1) is 16.1. The predicted octanol–water partition coefficient (Wildman–Crippen LogP) is 5.00. The molecule has 3 atom stereocenters. The molecule has 1 unspecified atom stereocenters. The van der Waals surface area contributed by atoms with Crippen LogP contribution in [0.5, 0.6) is 0 Å². The standard InChI is InChI=1S/C20H22BrNO2/c1-19(2)14-7-8-15(11-14)20(19)12-17(22-24-20)18(23)9-6-13-4-3-5-16(21)10-13/h3-6,9-10,14-15H,7-8,11-12H2,1-2H3/b9-6+/t14-,15+,20?/m1/s1. The van der Waals surface area contributed by atoms with E-state index in [1.165, 1.54) is 19.3 Å². The summed E-state index contributed by atoms with van der Waals surface area (Å²) in [4.78, 5) is 18.5. The number of ketones is 1. The Kier molecular flexibility index (Phi) is 3.72. The first-order valence-electron chi connectivity index (χ1n) is 8.65. The highest BCUT2D eigenvalue weighted by atomic mass is 79.9. The predicted molar refractivity (Wildman–Crippen MR) is 98.7 cm³/mol. The van der Waals surface area contributed by atoms with Gasteiger partial charge in [0.25, 0.3) is 0 Å². The summed E-state index contributed by atoms with van der Waals surface area (Å²) in [5.74, 6) is 1.20. The summed E-state index contributed by atoms with van der Waals surface area (Å²) in [6, 6.07) is 7.88. The molecule has 1 heterocycles. The molecule has 0 saturated heterocycles. The van der Waals surface area contributed by atoms with Crippen molar-refractivity contribution in [2.75, 3.05) is 0 Å². The van der Waals surface area contributed by atoms with Gasteiger partial charge in [0.1, 0.15) is 5.71 Å². The molecule has 4 heteroatoms. The zero-order chi connectivity index (χ0) is 16.9. The third-order valence-corrected chi connectivity index (χ3v) is 7.01. The minimum atomic E-state index is -0.259. The van der Waals surface area contributed by atoms with Crippen LogP contribution >= 0.6 is 15.9 Å². The molecule has 0 aromatic heterocycles. The van der Waals surface area contributed by atoms with Gasteiger partial charge in [0.2, 0.25) is 5.78 Å². The van der Waals surface area contributed by atoms with Gasteiger partial charge in [0.15, 0.2) is 5.60 Å². The second-order valence-corrected chi connectivity index (χ2v) is 8.79. The zero-order valence-electron chi connectivity index (χ0n) is 14.1. The van der Waals surface area contributed by atoms with E-state index in [1.807, 2.05) is 30.3 Å². The fourth-order valence-electron chi connectivity index (χ4n) is 4.96. The highest BCUT2D eigenvalue weighted by Crippen LogP contribution is 2.65. The fourth-order valence-corrected chi connectivity index (χ4v) is 5.37. The van der Waals surface area contributed by atoms with Crippen LogP contribution in [0.4, 0.5) is 0 Å². The van der Waals surface area contributed by atoms with E-state index in [-0.39, 0.29) is 16.8 Å². The molecule has 2 aliphatic carbocycles. The minimum absolute atomic E-state index is 0.0366. The Morgan fingerprint density at radius 2 is 2.12 bits per heavy atom. The number of carbonyl (C=O) groups excluding carboxylic acids is 1. The van der Waals surface area contributed by atoms with E-state index in [0.29, 0.717) is 24.0 Å². The largest absolute Gasteiger partial charge is 0.388 e. The molecule has 2 saturated carbocycles. The number of oxime groups is 1. The Bertz CT molecular complexity index is 752. The van der Waals surface area contributed by atoms with E-state index in [4.69, 9.17) is 4.84 Å². The lowest BCUT2D eigenvalue weighted by molar-refractivity contribution is -0.135. The maximum Gasteiger partial charge on any atom is 0.203 e. The van der Waals surface area contributed by atoms with Crippen LogP contribution in [-0.2, 0) is 9.63 Å². The van der Waals surface area contributed by atoms with Gasteiger partial charge in [-0.1, -0.05) is 53.1 Å². The number of hydrogen-bond acceptors (Lipinski definition) is 3. The summed E-state index contributed by atoms with van der Waals surface area (Å²) >= 11 is 3.44. The van der Waals surface area contributed by atoms with Gasteiger partial charge in [-0.2, -0.15) is 0 Å². The van der Waals surface area contributed by atoms with Gasteiger partial charge >= 0.3 is 0 Å². The minimum Gasteiger partial charge on any atom is -0.388 e. The number of rotatable bonds is 3. The molecule has 0 N–H and O–H groups in total. The summed E-state index contributed by atoms with van der Waals surface area (Å²) in [6.45, 7) is 4.58. The van der Waals surface area contributed by atoms with Crippen molar-refractivity contribution in [1.29, 1.82) is 0 Å². The molecular weight excluding hydrogens is 366 g/mol. The molecule has 126 valence electrons. The lowest BCUT2D eigenvalue weighted by atomic mass is 9.63. The lowest BCUT2D eigenvalue weighted by Gasteiger charge is -2.44. The van der Waals surface area contributed by atoms with Gasteiger partial charge in [-0.3, -0.25) is 4.79 Å². The number of hydrogen-bond donors (Lipinski definition) is 0. The van der Waals surface area contributed by atoms with E-state index in [9.17, 15) is 4.79 Å². The smallest absolute Gasteiger partial charge is 0.203 e. The van der Waals surface area contributed by atoms with Crippen molar-refractivity contribution in [3.05, 3.63) is 40.4 Å². The number of nitrogens with zero attached hydrogens (tertiary/aromatic N) is 1. The molecule has 3 aliphatic rings. The molecule has 1 aromatic rings. The molecule has 1 aliphatic heterocycles. The zero-order valence-corrected chi connectivity index (χ0v) is 15.7. The van der Waals surface area contributed by atoms with Crippen molar-refractivity contribution in [1.82, 2.24) is 0 Å². The molecule has 1 aromatic carbocycles. The van der Waals surface area contributed by atoms with Gasteiger partial charge in [-0.05, 0) is 49.0 Å². The van der Waals surface area contributed by atoms with Crippen molar-refractivity contribution < 1.29 is 9.63 Å². The fraction of sp³-hybridized carbons (Fsp3) is 0.500. The summed E-state index contributed by atoms with van der Waals surface area (Å²) in [5, 5.41) is 4.22. The van der Waals surface area contributed by atoms with Crippen LogP contribution in [0.15, 0.2) is 40.0 Å².